The second-order valence-electron chi connectivity index (χ2n) is 9.96. The minimum atomic E-state index is -1.12. The molecule has 0 aliphatic carbocycles. The highest BCUT2D eigenvalue weighted by Crippen LogP contribution is 2.14. The van der Waals surface area contributed by atoms with Crippen LogP contribution in [0, 0.1) is 0 Å². The van der Waals surface area contributed by atoms with Crippen LogP contribution in [0.5, 0.6) is 0 Å². The molecule has 36 heavy (non-hydrogen) atoms. The van der Waals surface area contributed by atoms with Gasteiger partial charge in [0.1, 0.15) is 0 Å². The van der Waals surface area contributed by atoms with Crippen molar-refractivity contribution in [2.24, 2.45) is 11.7 Å². The molecule has 6 N–H and O–H groups in total. The summed E-state index contributed by atoms with van der Waals surface area (Å²) in [6.07, 6.45) is 21.9. The molecule has 0 unspecified atom stereocenters. The zero-order valence-electron chi connectivity index (χ0n) is 23.5. The molecule has 0 saturated heterocycles. The molecule has 0 radical (unpaired) electrons. The van der Waals surface area contributed by atoms with Gasteiger partial charge in [0.15, 0.2) is 12.2 Å². The number of nitrogens with one attached hydrogen (secondary N) is 2. The van der Waals surface area contributed by atoms with Crippen LogP contribution in [0.4, 0.5) is 0 Å². The third kappa shape index (κ3) is 19.9. The van der Waals surface area contributed by atoms with E-state index in [4.69, 9.17) is 21.2 Å². The number of hydrazine groups is 2. The lowest BCUT2D eigenvalue weighted by Gasteiger charge is -2.25. The first-order valence-electron chi connectivity index (χ1n) is 14.9. The maximum absolute atomic E-state index is 12.3. The van der Waals surface area contributed by atoms with Crippen LogP contribution in [0.3, 0.4) is 0 Å². The lowest BCUT2D eigenvalue weighted by molar-refractivity contribution is -0.157. The van der Waals surface area contributed by atoms with Crippen LogP contribution in [0.1, 0.15) is 142 Å². The second-order valence-corrected chi connectivity index (χ2v) is 9.96. The summed E-state index contributed by atoms with van der Waals surface area (Å²) in [5, 5.41) is 0. The molecular weight excluding hydrogens is 456 g/mol. The van der Waals surface area contributed by atoms with Crippen LogP contribution < -0.4 is 22.5 Å². The van der Waals surface area contributed by atoms with Gasteiger partial charge >= 0.3 is 0 Å². The van der Waals surface area contributed by atoms with Crippen LogP contribution in [0.15, 0.2) is 0 Å². The Morgan fingerprint density at radius 2 is 0.750 bits per heavy atom. The van der Waals surface area contributed by atoms with Gasteiger partial charge < -0.3 is 9.47 Å². The Morgan fingerprint density at radius 3 is 1.00 bits per heavy atom. The van der Waals surface area contributed by atoms with Crippen LogP contribution in [0.25, 0.3) is 0 Å². The molecule has 0 saturated carbocycles. The molecule has 0 aliphatic heterocycles. The maximum Gasteiger partial charge on any atom is 0.266 e. The fraction of sp³-hybridized carbons (Fsp3) is 0.929. The van der Waals surface area contributed by atoms with Crippen molar-refractivity contribution in [2.45, 2.75) is 154 Å². The van der Waals surface area contributed by atoms with Crippen LogP contribution in [-0.4, -0.2) is 37.2 Å². The van der Waals surface area contributed by atoms with Crippen LogP contribution in [0.2, 0.25) is 0 Å². The van der Waals surface area contributed by atoms with Gasteiger partial charge in [-0.2, -0.15) is 0 Å². The highest BCUT2D eigenvalue weighted by atomic mass is 16.5. The maximum atomic E-state index is 12.3. The molecule has 214 valence electrons. The smallest absolute Gasteiger partial charge is 0.266 e. The first-order valence-corrected chi connectivity index (χ1v) is 14.9. The average molecular weight is 515 g/mol. The molecular formula is C28H58N4O4. The molecule has 2 atom stereocenters. The standard InChI is InChI=1S/C28H58N4O4/c1-3-5-7-9-11-13-15-17-19-21-23-35-25(27(33)31-29)26(28(34)32-30)36-24-22-20-18-16-14-12-10-8-6-4-2/h25-26H,3-24,29-30H2,1-2H3,(H,31,33)(H,32,34)/t25-,26-/m1/s1. The SMILES string of the molecule is CCCCCCCCCCCCO[C@@H](C(=O)NN)[C@@H](OCCCCCCCCCCCC)C(=O)NN. The topological polar surface area (TPSA) is 129 Å². The number of carbonyl (C=O) groups is 2. The van der Waals surface area contributed by atoms with Crippen molar-refractivity contribution in [2.75, 3.05) is 13.2 Å². The summed E-state index contributed by atoms with van der Waals surface area (Å²) in [7, 11) is 0. The number of carbonyl (C=O) groups excluding carboxylic acids is 2. The average Bonchev–Trinajstić information content (AvgIpc) is 2.90. The fourth-order valence-electron chi connectivity index (χ4n) is 4.37. The van der Waals surface area contributed by atoms with Crippen molar-refractivity contribution in [1.29, 1.82) is 0 Å². The summed E-state index contributed by atoms with van der Waals surface area (Å²) in [5.74, 6) is 9.52. The first kappa shape index (κ1) is 34.8. The van der Waals surface area contributed by atoms with Gasteiger partial charge in [0.25, 0.3) is 11.8 Å². The van der Waals surface area contributed by atoms with E-state index in [9.17, 15) is 9.59 Å². The highest BCUT2D eigenvalue weighted by molar-refractivity contribution is 5.90. The normalized spacial score (nSPS) is 12.9. The molecule has 8 nitrogen and oxygen atoms in total. The summed E-state index contributed by atoms with van der Waals surface area (Å²) in [6, 6.07) is 0. The molecule has 0 aromatic rings. The predicted octanol–water partition coefficient (Wildman–Crippen LogP) is 5.58. The number of hydrogen-bond donors (Lipinski definition) is 4. The van der Waals surface area contributed by atoms with Crippen LogP contribution in [-0.2, 0) is 19.1 Å². The number of rotatable bonds is 27. The number of hydrogen-bond acceptors (Lipinski definition) is 6. The second kappa shape index (κ2) is 26.8. The van der Waals surface area contributed by atoms with Crippen molar-refractivity contribution in [3.63, 3.8) is 0 Å². The van der Waals surface area contributed by atoms with Crippen molar-refractivity contribution >= 4 is 11.8 Å². The van der Waals surface area contributed by atoms with E-state index in [0.717, 1.165) is 38.5 Å². The van der Waals surface area contributed by atoms with Gasteiger partial charge in [0, 0.05) is 13.2 Å². The lowest BCUT2D eigenvalue weighted by Crippen LogP contribution is -2.54. The van der Waals surface area contributed by atoms with E-state index in [1.807, 2.05) is 0 Å². The quantitative estimate of drug-likeness (QED) is 0.0490. The minimum Gasteiger partial charge on any atom is -0.365 e. The molecule has 0 bridgehead atoms. The van der Waals surface area contributed by atoms with Gasteiger partial charge in [-0.15, -0.1) is 0 Å². The van der Waals surface area contributed by atoms with E-state index < -0.39 is 24.0 Å². The van der Waals surface area contributed by atoms with Gasteiger partial charge in [-0.1, -0.05) is 129 Å². The first-order chi connectivity index (χ1) is 17.6. The summed E-state index contributed by atoms with van der Waals surface area (Å²) >= 11 is 0. The summed E-state index contributed by atoms with van der Waals surface area (Å²) in [4.78, 5) is 24.7. The zero-order chi connectivity index (χ0) is 26.7. The molecule has 0 heterocycles. The van der Waals surface area contributed by atoms with E-state index in [1.54, 1.807) is 0 Å². The molecule has 0 rings (SSSR count). The summed E-state index contributed by atoms with van der Waals surface area (Å²) in [6.45, 7) is 5.20. The Morgan fingerprint density at radius 1 is 0.500 bits per heavy atom. The summed E-state index contributed by atoms with van der Waals surface area (Å²) < 4.78 is 11.5. The minimum absolute atomic E-state index is 0.366. The van der Waals surface area contributed by atoms with E-state index in [1.165, 1.54) is 89.9 Å². The molecule has 0 aromatic carbocycles. The van der Waals surface area contributed by atoms with Gasteiger partial charge in [0.05, 0.1) is 0 Å². The van der Waals surface area contributed by atoms with Gasteiger partial charge in [-0.05, 0) is 12.8 Å². The van der Waals surface area contributed by atoms with Gasteiger partial charge in [0.2, 0.25) is 0 Å². The van der Waals surface area contributed by atoms with E-state index in [2.05, 4.69) is 24.7 Å². The van der Waals surface area contributed by atoms with Gasteiger partial charge in [-0.25, -0.2) is 11.7 Å². The highest BCUT2D eigenvalue weighted by Gasteiger charge is 2.35. The number of nitrogens with two attached hydrogens (primary N) is 2. The van der Waals surface area contributed by atoms with Gasteiger partial charge in [-0.3, -0.25) is 20.4 Å². The number of unbranched alkanes of at least 4 members (excludes halogenated alkanes) is 18. The van der Waals surface area contributed by atoms with E-state index in [0.29, 0.717) is 13.2 Å². The third-order valence-electron chi connectivity index (χ3n) is 6.67. The molecule has 0 fully saturated rings. The Labute approximate surface area is 221 Å². The molecule has 0 aliphatic rings. The number of ether oxygens (including phenoxy) is 2. The van der Waals surface area contributed by atoms with E-state index >= 15 is 0 Å². The van der Waals surface area contributed by atoms with E-state index in [-0.39, 0.29) is 0 Å². The number of amides is 2. The van der Waals surface area contributed by atoms with Crippen molar-refractivity contribution in [3.8, 4) is 0 Å². The monoisotopic (exact) mass is 514 g/mol. The summed E-state index contributed by atoms with van der Waals surface area (Å²) in [5.41, 5.74) is 4.18. The van der Waals surface area contributed by atoms with Crippen LogP contribution >= 0.6 is 0 Å². The fourth-order valence-corrected chi connectivity index (χ4v) is 4.37. The Hall–Kier alpha value is -1.22. The Kier molecular flexibility index (Phi) is 25.9. The largest absolute Gasteiger partial charge is 0.365 e. The van der Waals surface area contributed by atoms with Crippen molar-refractivity contribution in [1.82, 2.24) is 10.9 Å². The predicted molar refractivity (Wildman–Crippen MR) is 148 cm³/mol. The Balaban J connectivity index is 4.20. The molecule has 2 amide bonds. The molecule has 0 aromatic heterocycles. The van der Waals surface area contributed by atoms with Crippen molar-refractivity contribution in [3.05, 3.63) is 0 Å². The lowest BCUT2D eigenvalue weighted by atomic mass is 10.1. The third-order valence-corrected chi connectivity index (χ3v) is 6.67. The van der Waals surface area contributed by atoms with Crippen molar-refractivity contribution < 1.29 is 19.1 Å². The molecule has 8 heteroatoms. The zero-order valence-corrected chi connectivity index (χ0v) is 23.5. The Bertz CT molecular complexity index is 464. The molecule has 0 spiro atoms.